The summed E-state index contributed by atoms with van der Waals surface area (Å²) in [6.45, 7) is 2.13. The normalized spacial score (nSPS) is 12.6. The van der Waals surface area contributed by atoms with Crippen molar-refractivity contribution in [3.63, 3.8) is 0 Å². The summed E-state index contributed by atoms with van der Waals surface area (Å²) in [6, 6.07) is 14.8. The molecule has 1 N–H and O–H groups in total. The first kappa shape index (κ1) is 22.2. The van der Waals surface area contributed by atoms with Gasteiger partial charge in [-0.2, -0.15) is 0 Å². The van der Waals surface area contributed by atoms with Gasteiger partial charge in [0.1, 0.15) is 11.6 Å². The van der Waals surface area contributed by atoms with Crippen LogP contribution in [0.5, 0.6) is 0 Å². The Hall–Kier alpha value is -2.48. The first-order valence-electron chi connectivity index (χ1n) is 9.23. The van der Waals surface area contributed by atoms with E-state index in [0.717, 1.165) is 28.1 Å². The maximum atomic E-state index is 14.7. The van der Waals surface area contributed by atoms with Crippen LogP contribution in [-0.2, 0) is 16.6 Å². The number of nitrogens with zero attached hydrogens (tertiary/aromatic N) is 1. The zero-order valence-corrected chi connectivity index (χ0v) is 18.0. The smallest absolute Gasteiger partial charge is 0.264 e. The van der Waals surface area contributed by atoms with Crippen LogP contribution in [-0.4, -0.2) is 15.5 Å². The number of rotatable bonds is 7. The Kier molecular flexibility index (Phi) is 6.75. The summed E-state index contributed by atoms with van der Waals surface area (Å²) in [6.07, 6.45) is 0. The predicted octanol–water partition coefficient (Wildman–Crippen LogP) is 5.29. The largest absolute Gasteiger partial charge is 0.316 e. The molecule has 0 aliphatic carbocycles. The third-order valence-corrected chi connectivity index (χ3v) is 6.89. The predicted molar refractivity (Wildman–Crippen MR) is 115 cm³/mol. The van der Waals surface area contributed by atoms with Crippen LogP contribution in [0.4, 0.5) is 14.5 Å². The van der Waals surface area contributed by atoms with Crippen LogP contribution >= 0.6 is 11.6 Å². The second-order valence-electron chi connectivity index (χ2n) is 6.76. The minimum atomic E-state index is -4.24. The maximum Gasteiger partial charge on any atom is 0.264 e. The van der Waals surface area contributed by atoms with Crippen LogP contribution in [0, 0.1) is 11.6 Å². The molecule has 8 heteroatoms. The number of hydrogen-bond donors (Lipinski definition) is 1. The van der Waals surface area contributed by atoms with E-state index < -0.39 is 27.7 Å². The van der Waals surface area contributed by atoms with E-state index in [-0.39, 0.29) is 10.6 Å². The molecule has 0 amide bonds. The first-order chi connectivity index (χ1) is 14.3. The summed E-state index contributed by atoms with van der Waals surface area (Å²) >= 11 is 5.89. The van der Waals surface area contributed by atoms with Crippen LogP contribution in [0.2, 0.25) is 5.02 Å². The number of sulfonamides is 1. The van der Waals surface area contributed by atoms with Crippen LogP contribution < -0.4 is 9.62 Å². The lowest BCUT2D eigenvalue weighted by atomic mass is 10.0. The van der Waals surface area contributed by atoms with Gasteiger partial charge < -0.3 is 5.32 Å². The quantitative estimate of drug-likeness (QED) is 0.531. The van der Waals surface area contributed by atoms with Gasteiger partial charge in [-0.1, -0.05) is 35.9 Å². The molecule has 0 saturated heterocycles. The van der Waals surface area contributed by atoms with Crippen molar-refractivity contribution in [1.82, 2.24) is 5.32 Å². The van der Waals surface area contributed by atoms with Crippen molar-refractivity contribution >= 4 is 27.3 Å². The monoisotopic (exact) mass is 450 g/mol. The molecule has 1 atom stereocenters. The third-order valence-electron chi connectivity index (χ3n) is 4.74. The van der Waals surface area contributed by atoms with E-state index in [1.807, 2.05) is 12.1 Å². The second kappa shape index (κ2) is 9.12. The van der Waals surface area contributed by atoms with Gasteiger partial charge >= 0.3 is 0 Å². The molecule has 3 aromatic carbocycles. The van der Waals surface area contributed by atoms with E-state index in [9.17, 15) is 17.2 Å². The van der Waals surface area contributed by atoms with E-state index in [4.69, 9.17) is 11.6 Å². The Labute approximate surface area is 180 Å². The summed E-state index contributed by atoms with van der Waals surface area (Å²) in [4.78, 5) is -0.0755. The van der Waals surface area contributed by atoms with Crippen molar-refractivity contribution < 1.29 is 17.2 Å². The molecule has 0 aromatic heterocycles. The summed E-state index contributed by atoms with van der Waals surface area (Å²) in [5, 5.41) is 3.40. The van der Waals surface area contributed by atoms with Gasteiger partial charge in [0.25, 0.3) is 10.0 Å². The highest BCUT2D eigenvalue weighted by Crippen LogP contribution is 2.36. The van der Waals surface area contributed by atoms with Gasteiger partial charge in [-0.05, 0) is 61.5 Å². The molecule has 0 unspecified atom stereocenters. The highest BCUT2D eigenvalue weighted by atomic mass is 35.5. The molecule has 0 heterocycles. The van der Waals surface area contributed by atoms with Gasteiger partial charge in [0.15, 0.2) is 0 Å². The SMILES string of the molecule is CNCc1ccccc1[C@@H](C)N(c1cc(F)ccc1F)S(=O)(=O)c1ccc(Cl)cc1. The minimum absolute atomic E-state index is 0.0755. The minimum Gasteiger partial charge on any atom is -0.316 e. The Morgan fingerprint density at radius 2 is 1.70 bits per heavy atom. The van der Waals surface area contributed by atoms with Gasteiger partial charge in [-0.15, -0.1) is 0 Å². The Morgan fingerprint density at radius 3 is 2.37 bits per heavy atom. The average molecular weight is 451 g/mol. The van der Waals surface area contributed by atoms with E-state index in [1.54, 1.807) is 26.1 Å². The Morgan fingerprint density at radius 1 is 1.03 bits per heavy atom. The van der Waals surface area contributed by atoms with Crippen molar-refractivity contribution in [3.05, 3.63) is 94.5 Å². The molecule has 3 aromatic rings. The fourth-order valence-corrected chi connectivity index (χ4v) is 5.10. The fourth-order valence-electron chi connectivity index (χ4n) is 3.34. The van der Waals surface area contributed by atoms with Crippen molar-refractivity contribution in [2.75, 3.05) is 11.4 Å². The molecule has 0 radical (unpaired) electrons. The lowest BCUT2D eigenvalue weighted by Gasteiger charge is -2.32. The van der Waals surface area contributed by atoms with Gasteiger partial charge in [-0.3, -0.25) is 4.31 Å². The molecule has 0 spiro atoms. The van der Waals surface area contributed by atoms with E-state index >= 15 is 0 Å². The maximum absolute atomic E-state index is 14.7. The van der Waals surface area contributed by atoms with E-state index in [1.165, 1.54) is 24.3 Å². The van der Waals surface area contributed by atoms with Crippen LogP contribution in [0.3, 0.4) is 0 Å². The zero-order valence-electron chi connectivity index (χ0n) is 16.4. The van der Waals surface area contributed by atoms with Gasteiger partial charge in [0, 0.05) is 17.6 Å². The van der Waals surface area contributed by atoms with Crippen LogP contribution in [0.15, 0.2) is 71.6 Å². The number of nitrogens with one attached hydrogen (secondary N) is 1. The van der Waals surface area contributed by atoms with Gasteiger partial charge in [0.2, 0.25) is 0 Å². The number of hydrogen-bond acceptors (Lipinski definition) is 3. The molecule has 0 bridgehead atoms. The molecule has 30 heavy (non-hydrogen) atoms. The Balaban J connectivity index is 2.23. The van der Waals surface area contributed by atoms with Crippen LogP contribution in [0.1, 0.15) is 24.1 Å². The topological polar surface area (TPSA) is 49.4 Å². The number of anilines is 1. The van der Waals surface area contributed by atoms with Crippen molar-refractivity contribution in [2.45, 2.75) is 24.4 Å². The third kappa shape index (κ3) is 4.48. The van der Waals surface area contributed by atoms with Crippen molar-refractivity contribution in [3.8, 4) is 0 Å². The molecule has 4 nitrogen and oxygen atoms in total. The molecule has 0 aliphatic heterocycles. The molecule has 3 rings (SSSR count). The average Bonchev–Trinajstić information content (AvgIpc) is 2.71. The van der Waals surface area contributed by atoms with Gasteiger partial charge in [-0.25, -0.2) is 17.2 Å². The first-order valence-corrected chi connectivity index (χ1v) is 11.0. The van der Waals surface area contributed by atoms with E-state index in [0.29, 0.717) is 17.1 Å². The molecular formula is C22H21ClF2N2O2S. The summed E-state index contributed by atoms with van der Waals surface area (Å²) in [7, 11) is -2.47. The summed E-state index contributed by atoms with van der Waals surface area (Å²) in [5.41, 5.74) is 1.16. The highest BCUT2D eigenvalue weighted by Gasteiger charge is 2.33. The lowest BCUT2D eigenvalue weighted by molar-refractivity contribution is 0.569. The van der Waals surface area contributed by atoms with Crippen molar-refractivity contribution in [1.29, 1.82) is 0 Å². The summed E-state index contributed by atoms with van der Waals surface area (Å²) in [5.74, 6) is -1.58. The second-order valence-corrected chi connectivity index (χ2v) is 9.01. The molecular weight excluding hydrogens is 430 g/mol. The van der Waals surface area contributed by atoms with Crippen LogP contribution in [0.25, 0.3) is 0 Å². The number of halogens is 3. The fraction of sp³-hybridized carbons (Fsp3) is 0.182. The number of benzene rings is 3. The lowest BCUT2D eigenvalue weighted by Crippen LogP contribution is -2.35. The molecule has 0 aliphatic rings. The molecule has 0 saturated carbocycles. The van der Waals surface area contributed by atoms with E-state index in [2.05, 4.69) is 5.32 Å². The molecule has 0 fully saturated rings. The molecule has 158 valence electrons. The van der Waals surface area contributed by atoms with Crippen molar-refractivity contribution in [2.24, 2.45) is 0 Å². The highest BCUT2D eigenvalue weighted by molar-refractivity contribution is 7.92. The Bertz CT molecular complexity index is 1140. The standard InChI is InChI=1S/C22H21ClF2N2O2S/c1-15(20-6-4-3-5-16(20)14-26-2)27(22-13-18(24)9-12-21(22)25)30(28,29)19-10-7-17(23)8-11-19/h3-13,15,26H,14H2,1-2H3/t15-/m1/s1. The van der Waals surface area contributed by atoms with Gasteiger partial charge in [0.05, 0.1) is 16.6 Å². The summed E-state index contributed by atoms with van der Waals surface area (Å²) < 4.78 is 56.8. The zero-order chi connectivity index (χ0) is 21.9.